The summed E-state index contributed by atoms with van der Waals surface area (Å²) >= 11 is 6.75. The molecule has 0 fully saturated rings. The normalized spacial score (nSPS) is 17.0. The number of rotatable bonds is 7. The van der Waals surface area contributed by atoms with E-state index < -0.39 is 0 Å². The molecule has 0 saturated heterocycles. The number of nitrogens with zero attached hydrogens (tertiary/aromatic N) is 3. The van der Waals surface area contributed by atoms with Crippen molar-refractivity contribution in [3.8, 4) is 22.6 Å². The molecule has 1 aliphatic heterocycles. The van der Waals surface area contributed by atoms with Gasteiger partial charge in [-0.15, -0.1) is 0 Å². The van der Waals surface area contributed by atoms with Gasteiger partial charge in [0, 0.05) is 36.4 Å². The molecule has 3 N–H and O–H groups in total. The molecule has 0 bridgehead atoms. The maximum Gasteiger partial charge on any atom is 0.139 e. The summed E-state index contributed by atoms with van der Waals surface area (Å²) in [5.74, 6) is 0.777. The van der Waals surface area contributed by atoms with E-state index in [0.717, 1.165) is 47.8 Å². The van der Waals surface area contributed by atoms with Gasteiger partial charge in [-0.1, -0.05) is 74.0 Å². The van der Waals surface area contributed by atoms with Crippen LogP contribution in [0.15, 0.2) is 72.9 Å². The molecule has 2 atom stereocenters. The average Bonchev–Trinajstić information content (AvgIpc) is 3.39. The zero-order valence-electron chi connectivity index (χ0n) is 23.0. The first-order chi connectivity index (χ1) is 18.1. The van der Waals surface area contributed by atoms with Crippen molar-refractivity contribution >= 4 is 17.3 Å². The van der Waals surface area contributed by atoms with E-state index in [9.17, 15) is 0 Å². The van der Waals surface area contributed by atoms with Crippen LogP contribution in [0.2, 0.25) is 5.02 Å². The Labute approximate surface area is 231 Å². The van der Waals surface area contributed by atoms with Gasteiger partial charge in [-0.25, -0.2) is 4.98 Å². The number of anilines is 1. The van der Waals surface area contributed by atoms with Crippen molar-refractivity contribution in [1.29, 1.82) is 0 Å². The van der Waals surface area contributed by atoms with Crippen molar-refractivity contribution in [3.05, 3.63) is 94.6 Å². The van der Waals surface area contributed by atoms with Crippen molar-refractivity contribution in [3.63, 3.8) is 0 Å². The smallest absolute Gasteiger partial charge is 0.139 e. The quantitative estimate of drug-likeness (QED) is 0.253. The van der Waals surface area contributed by atoms with E-state index in [2.05, 4.69) is 86.0 Å². The lowest BCUT2D eigenvalue weighted by atomic mass is 9.81. The number of H-pyrrole nitrogens is 1. The summed E-state index contributed by atoms with van der Waals surface area (Å²) in [5, 5.41) is 0.687. The Kier molecular flexibility index (Phi) is 7.36. The monoisotopic (exact) mass is 527 g/mol. The number of aromatic amines is 1. The van der Waals surface area contributed by atoms with Gasteiger partial charge in [-0.05, 0) is 73.3 Å². The Morgan fingerprint density at radius 1 is 1.11 bits per heavy atom. The standard InChI is InChI=1S/C32H38ClN5/c1-21(37(4)5)32(2,3)20-38-19-24-12-9-13-28(34)25(24)17-30(38)23-14-15-27(33)26(16-23)31-35-18-29(36-31)22-10-7-6-8-11-22/h6-16,18,21,30H,17,19-20,34H2,1-5H3,(H,35,36). The van der Waals surface area contributed by atoms with Gasteiger partial charge in [0.05, 0.1) is 16.9 Å². The number of nitrogens with two attached hydrogens (primary N) is 1. The number of fused-ring (bicyclic) bond motifs is 1. The van der Waals surface area contributed by atoms with Crippen LogP contribution in [0.3, 0.4) is 0 Å². The molecule has 0 radical (unpaired) electrons. The van der Waals surface area contributed by atoms with Gasteiger partial charge < -0.3 is 15.6 Å². The van der Waals surface area contributed by atoms with Crippen molar-refractivity contribution in [2.75, 3.05) is 26.4 Å². The Morgan fingerprint density at radius 2 is 1.87 bits per heavy atom. The molecule has 5 nitrogen and oxygen atoms in total. The number of nitrogen functional groups attached to an aromatic ring is 1. The topological polar surface area (TPSA) is 61.2 Å². The fourth-order valence-electron chi connectivity index (χ4n) is 5.71. The van der Waals surface area contributed by atoms with Gasteiger partial charge in [0.2, 0.25) is 0 Å². The van der Waals surface area contributed by atoms with E-state index in [0.29, 0.717) is 11.1 Å². The summed E-state index contributed by atoms with van der Waals surface area (Å²) in [5.41, 5.74) is 14.2. The third kappa shape index (κ3) is 5.24. The van der Waals surface area contributed by atoms with Crippen LogP contribution in [-0.2, 0) is 13.0 Å². The first-order valence-electron chi connectivity index (χ1n) is 13.3. The van der Waals surface area contributed by atoms with Gasteiger partial charge in [-0.3, -0.25) is 4.90 Å². The predicted molar refractivity (Wildman–Crippen MR) is 159 cm³/mol. The first-order valence-corrected chi connectivity index (χ1v) is 13.7. The van der Waals surface area contributed by atoms with Crippen LogP contribution in [0.5, 0.6) is 0 Å². The van der Waals surface area contributed by atoms with Crippen LogP contribution in [0.1, 0.15) is 43.5 Å². The lowest BCUT2D eigenvalue weighted by Crippen LogP contribution is -2.48. The maximum atomic E-state index is 6.75. The Bertz CT molecular complexity index is 1410. The van der Waals surface area contributed by atoms with Gasteiger partial charge in [0.1, 0.15) is 5.82 Å². The highest BCUT2D eigenvalue weighted by Crippen LogP contribution is 2.40. The minimum absolute atomic E-state index is 0.0838. The van der Waals surface area contributed by atoms with Crippen LogP contribution in [0.4, 0.5) is 5.69 Å². The first kappa shape index (κ1) is 26.5. The molecule has 4 aromatic rings. The zero-order valence-corrected chi connectivity index (χ0v) is 23.8. The second kappa shape index (κ2) is 10.6. The molecule has 1 aliphatic rings. The summed E-state index contributed by atoms with van der Waals surface area (Å²) in [7, 11) is 4.32. The number of halogens is 1. The van der Waals surface area contributed by atoms with Crippen LogP contribution >= 0.6 is 11.6 Å². The highest BCUT2D eigenvalue weighted by atomic mass is 35.5. The summed E-state index contributed by atoms with van der Waals surface area (Å²) < 4.78 is 0. The summed E-state index contributed by atoms with van der Waals surface area (Å²) in [6.45, 7) is 8.87. The highest BCUT2D eigenvalue weighted by molar-refractivity contribution is 6.33. The van der Waals surface area contributed by atoms with Crippen molar-refractivity contribution in [2.24, 2.45) is 5.41 Å². The van der Waals surface area contributed by atoms with Gasteiger partial charge in [0.25, 0.3) is 0 Å². The molecular formula is C32H38ClN5. The van der Waals surface area contributed by atoms with Gasteiger partial charge in [-0.2, -0.15) is 0 Å². The fraction of sp³-hybridized carbons (Fsp3) is 0.344. The van der Waals surface area contributed by atoms with Gasteiger partial charge >= 0.3 is 0 Å². The Balaban J connectivity index is 1.53. The number of imidazole rings is 1. The molecule has 1 aromatic heterocycles. The van der Waals surface area contributed by atoms with Crippen LogP contribution < -0.4 is 5.73 Å². The third-order valence-corrected chi connectivity index (χ3v) is 8.66. The molecule has 6 heteroatoms. The van der Waals surface area contributed by atoms with Crippen LogP contribution in [-0.4, -0.2) is 46.4 Å². The van der Waals surface area contributed by atoms with Crippen molar-refractivity contribution < 1.29 is 0 Å². The zero-order chi connectivity index (χ0) is 27.0. The van der Waals surface area contributed by atoms with E-state index in [-0.39, 0.29) is 11.5 Å². The van der Waals surface area contributed by atoms with E-state index in [4.69, 9.17) is 22.3 Å². The maximum absolute atomic E-state index is 6.75. The average molecular weight is 528 g/mol. The minimum Gasteiger partial charge on any atom is -0.398 e. The summed E-state index contributed by atoms with van der Waals surface area (Å²) in [4.78, 5) is 13.1. The molecule has 0 spiro atoms. The fourth-order valence-corrected chi connectivity index (χ4v) is 5.91. The molecule has 0 amide bonds. The molecular weight excluding hydrogens is 490 g/mol. The predicted octanol–water partition coefficient (Wildman–Crippen LogP) is 7.06. The number of hydrogen-bond acceptors (Lipinski definition) is 4. The SMILES string of the molecule is CC(N(C)C)C(C)(C)CN1Cc2cccc(N)c2CC1c1ccc(Cl)c(-c2ncc(-c3ccccc3)[nH]2)c1. The van der Waals surface area contributed by atoms with E-state index in [1.807, 2.05) is 36.5 Å². The Morgan fingerprint density at radius 3 is 2.61 bits per heavy atom. The number of aromatic nitrogens is 2. The highest BCUT2D eigenvalue weighted by Gasteiger charge is 2.36. The largest absolute Gasteiger partial charge is 0.398 e. The lowest BCUT2D eigenvalue weighted by Gasteiger charge is -2.45. The molecule has 2 heterocycles. The second-order valence-electron chi connectivity index (χ2n) is 11.5. The second-order valence-corrected chi connectivity index (χ2v) is 11.9. The molecule has 3 aromatic carbocycles. The number of hydrogen-bond donors (Lipinski definition) is 2. The molecule has 0 aliphatic carbocycles. The summed E-state index contributed by atoms with van der Waals surface area (Å²) in [6.07, 6.45) is 2.74. The van der Waals surface area contributed by atoms with E-state index >= 15 is 0 Å². The van der Waals surface area contributed by atoms with Gasteiger partial charge in [0.15, 0.2) is 0 Å². The van der Waals surface area contributed by atoms with Crippen molar-refractivity contribution in [2.45, 2.75) is 45.8 Å². The van der Waals surface area contributed by atoms with E-state index in [1.165, 1.54) is 16.7 Å². The van der Waals surface area contributed by atoms with Crippen LogP contribution in [0.25, 0.3) is 22.6 Å². The minimum atomic E-state index is 0.0838. The van der Waals surface area contributed by atoms with E-state index in [1.54, 1.807) is 0 Å². The molecule has 2 unspecified atom stereocenters. The summed E-state index contributed by atoms with van der Waals surface area (Å²) in [6, 6.07) is 23.5. The Hall–Kier alpha value is -3.12. The molecule has 0 saturated carbocycles. The van der Waals surface area contributed by atoms with Crippen LogP contribution in [0, 0.1) is 5.41 Å². The third-order valence-electron chi connectivity index (χ3n) is 8.33. The number of benzene rings is 3. The molecule has 5 rings (SSSR count). The lowest BCUT2D eigenvalue weighted by molar-refractivity contribution is 0.0590. The molecule has 38 heavy (non-hydrogen) atoms. The van der Waals surface area contributed by atoms with Crippen molar-refractivity contribution in [1.82, 2.24) is 19.8 Å². The molecule has 198 valence electrons. The number of nitrogens with one attached hydrogen (secondary N) is 1.